The smallest absolute Gasteiger partial charge is 0.416 e. The summed E-state index contributed by atoms with van der Waals surface area (Å²) < 4.78 is 72.0. The first-order valence-corrected chi connectivity index (χ1v) is 20.4. The molecule has 1 N–H and O–H groups in total. The van der Waals surface area contributed by atoms with Crippen molar-refractivity contribution in [1.29, 1.82) is 0 Å². The van der Waals surface area contributed by atoms with Crippen LogP contribution in [0.5, 0.6) is 0 Å². The molecular formula is C39H47ClF3N3O7S. The summed E-state index contributed by atoms with van der Waals surface area (Å²) in [5.74, 6) is -3.72. The molecule has 0 spiro atoms. The van der Waals surface area contributed by atoms with Gasteiger partial charge in [-0.3, -0.25) is 19.3 Å². The molecule has 15 heteroatoms. The van der Waals surface area contributed by atoms with E-state index in [4.69, 9.17) is 16.3 Å². The van der Waals surface area contributed by atoms with E-state index in [2.05, 4.69) is 5.32 Å². The number of benzene rings is 2. The minimum Gasteiger partial charge on any atom is -0.444 e. The van der Waals surface area contributed by atoms with Crippen molar-refractivity contribution in [3.05, 3.63) is 69.7 Å². The maximum absolute atomic E-state index is 14.6. The van der Waals surface area contributed by atoms with Crippen molar-refractivity contribution in [2.75, 3.05) is 12.3 Å². The number of nitrogens with one attached hydrogen (secondary N) is 1. The average Bonchev–Trinajstić information content (AvgIpc) is 3.89. The van der Waals surface area contributed by atoms with Gasteiger partial charge in [-0.25, -0.2) is 13.2 Å². The Labute approximate surface area is 319 Å². The number of Topliss-reactive ketones (excluding diaryl/α,β-unsaturated/α-hetero) is 1. The lowest BCUT2D eigenvalue weighted by Crippen LogP contribution is -2.55. The topological polar surface area (TPSA) is 130 Å². The summed E-state index contributed by atoms with van der Waals surface area (Å²) in [4.78, 5) is 58.9. The number of hydrogen-bond donors (Lipinski definition) is 1. The average molecular weight is 794 g/mol. The third-order valence-electron chi connectivity index (χ3n) is 11.8. The molecule has 4 aliphatic rings. The molecule has 5 atom stereocenters. The minimum atomic E-state index is -4.59. The van der Waals surface area contributed by atoms with Crippen LogP contribution in [0.3, 0.4) is 0 Å². The number of amides is 3. The number of alkyl halides is 3. The summed E-state index contributed by atoms with van der Waals surface area (Å²) in [6, 6.07) is 8.92. The van der Waals surface area contributed by atoms with E-state index in [1.165, 1.54) is 21.9 Å². The number of sulfone groups is 1. The van der Waals surface area contributed by atoms with Crippen molar-refractivity contribution >= 4 is 45.1 Å². The lowest BCUT2D eigenvalue weighted by atomic mass is 9.76. The summed E-state index contributed by atoms with van der Waals surface area (Å²) in [6.45, 7) is 9.09. The molecule has 2 saturated carbocycles. The van der Waals surface area contributed by atoms with Gasteiger partial charge < -0.3 is 15.0 Å². The molecule has 2 aliphatic heterocycles. The number of halogens is 4. The van der Waals surface area contributed by atoms with E-state index in [9.17, 15) is 40.8 Å². The lowest BCUT2D eigenvalue weighted by Gasteiger charge is -2.35. The van der Waals surface area contributed by atoms with Gasteiger partial charge in [-0.1, -0.05) is 76.0 Å². The van der Waals surface area contributed by atoms with Crippen LogP contribution in [0.1, 0.15) is 89.0 Å². The van der Waals surface area contributed by atoms with Crippen LogP contribution in [0.4, 0.5) is 18.0 Å². The van der Waals surface area contributed by atoms with Gasteiger partial charge in [-0.15, -0.1) is 0 Å². The van der Waals surface area contributed by atoms with Gasteiger partial charge in [0.2, 0.25) is 11.8 Å². The second kappa shape index (κ2) is 14.1. The Morgan fingerprint density at radius 1 is 1.06 bits per heavy atom. The van der Waals surface area contributed by atoms with Crippen molar-refractivity contribution in [2.45, 2.75) is 115 Å². The fraction of sp³-hybridized carbons (Fsp3) is 0.590. The summed E-state index contributed by atoms with van der Waals surface area (Å²) in [5, 5.41) is 3.36. The number of nitrogens with zero attached hydrogens (tertiary/aromatic N) is 2. The molecule has 2 aliphatic carbocycles. The van der Waals surface area contributed by atoms with Crippen LogP contribution in [-0.2, 0) is 54.6 Å². The standard InChI is InChI=1S/C39H47ClF3N3O7S/c1-6-25-18-38(25,32(47)22-54(51,52)37(5)13-14-37)44-33(48)31-17-27(53-35(50)45-19-24-10-8-12-30(40)28(24)21-45)20-46(31)34(49)29(36(2,3)4)16-23-9-7-11-26(15-23)39(41,42)43/h7-12,15,25,27,29,31H,6,13-14,16-22H2,1-5H3,(H,44,48)/t25-,27-,29-,31+,38-/m1/s1. The first-order chi connectivity index (χ1) is 25.1. The van der Waals surface area contributed by atoms with Crippen molar-refractivity contribution < 1.29 is 45.5 Å². The van der Waals surface area contributed by atoms with E-state index in [0.717, 1.165) is 23.3 Å². The highest BCUT2D eigenvalue weighted by molar-refractivity contribution is 7.93. The molecule has 2 aromatic carbocycles. The molecule has 0 bridgehead atoms. The van der Waals surface area contributed by atoms with Crippen LogP contribution in [-0.4, -0.2) is 76.6 Å². The highest BCUT2D eigenvalue weighted by Gasteiger charge is 2.62. The zero-order chi connectivity index (χ0) is 39.6. The molecule has 0 aromatic heterocycles. The predicted octanol–water partition coefficient (Wildman–Crippen LogP) is 6.51. The Hall–Kier alpha value is -3.65. The fourth-order valence-electron chi connectivity index (χ4n) is 7.83. The van der Waals surface area contributed by atoms with E-state index in [0.29, 0.717) is 24.3 Å². The summed E-state index contributed by atoms with van der Waals surface area (Å²) in [5.41, 5.74) is -1.11. The zero-order valence-electron chi connectivity index (χ0n) is 31.1. The number of hydrogen-bond acceptors (Lipinski definition) is 7. The molecule has 2 aromatic rings. The first-order valence-electron chi connectivity index (χ1n) is 18.3. The van der Waals surface area contributed by atoms with E-state index >= 15 is 0 Å². The van der Waals surface area contributed by atoms with E-state index in [1.54, 1.807) is 39.8 Å². The van der Waals surface area contributed by atoms with Crippen LogP contribution in [0.2, 0.25) is 5.02 Å². The second-order valence-corrected chi connectivity index (χ2v) is 19.6. The van der Waals surface area contributed by atoms with Crippen LogP contribution >= 0.6 is 11.6 Å². The van der Waals surface area contributed by atoms with Gasteiger partial charge in [0.25, 0.3) is 0 Å². The summed E-state index contributed by atoms with van der Waals surface area (Å²) in [7, 11) is -3.77. The van der Waals surface area contributed by atoms with E-state index in [1.807, 2.05) is 13.0 Å². The van der Waals surface area contributed by atoms with Gasteiger partial charge in [0, 0.05) is 23.9 Å². The maximum atomic E-state index is 14.6. The number of likely N-dealkylation sites (tertiary alicyclic amines) is 1. The Morgan fingerprint density at radius 2 is 1.74 bits per heavy atom. The highest BCUT2D eigenvalue weighted by atomic mass is 35.5. The van der Waals surface area contributed by atoms with Crippen molar-refractivity contribution in [2.24, 2.45) is 17.3 Å². The zero-order valence-corrected chi connectivity index (χ0v) is 32.7. The van der Waals surface area contributed by atoms with Gasteiger partial charge in [-0.2, -0.15) is 13.2 Å². The highest BCUT2D eigenvalue weighted by Crippen LogP contribution is 2.49. The van der Waals surface area contributed by atoms with E-state index < -0.39 is 84.8 Å². The van der Waals surface area contributed by atoms with Crippen LogP contribution in [0, 0.1) is 17.3 Å². The molecular weight excluding hydrogens is 747 g/mol. The van der Waals surface area contributed by atoms with Gasteiger partial charge in [0.05, 0.1) is 23.4 Å². The molecule has 10 nitrogen and oxygen atoms in total. The Kier molecular flexibility index (Phi) is 10.5. The van der Waals surface area contributed by atoms with Crippen molar-refractivity contribution in [1.82, 2.24) is 15.1 Å². The molecule has 294 valence electrons. The minimum absolute atomic E-state index is 0.0642. The van der Waals surface area contributed by atoms with Gasteiger partial charge in [-0.05, 0) is 72.8 Å². The van der Waals surface area contributed by atoms with Crippen molar-refractivity contribution in [3.63, 3.8) is 0 Å². The number of fused-ring (bicyclic) bond motifs is 1. The molecule has 54 heavy (non-hydrogen) atoms. The summed E-state index contributed by atoms with van der Waals surface area (Å²) >= 11 is 6.35. The molecule has 3 amide bonds. The van der Waals surface area contributed by atoms with Gasteiger partial charge in [0.1, 0.15) is 23.4 Å². The third kappa shape index (κ3) is 7.87. The van der Waals surface area contributed by atoms with Gasteiger partial charge in [0.15, 0.2) is 15.6 Å². The quantitative estimate of drug-likeness (QED) is 0.275. The SMILES string of the molecule is CC[C@@H]1C[C@]1(NC(=O)[C@@H]1C[C@@H](OC(=O)N2Cc3cccc(Cl)c3C2)CN1C(=O)[C@@H](Cc1cccc(C(F)(F)F)c1)C(C)(C)C)C(=O)CS(=O)(=O)C1(C)CC1. The first kappa shape index (κ1) is 40.0. The fourth-order valence-corrected chi connectivity index (χ4v) is 9.76. The Bertz CT molecular complexity index is 1960. The van der Waals surface area contributed by atoms with Crippen molar-refractivity contribution in [3.8, 4) is 0 Å². The maximum Gasteiger partial charge on any atom is 0.416 e. The number of rotatable bonds is 11. The largest absolute Gasteiger partial charge is 0.444 e. The molecule has 6 rings (SSSR count). The van der Waals surface area contributed by atoms with E-state index in [-0.39, 0.29) is 50.4 Å². The number of carbonyl (C=O) groups excluding carboxylic acids is 4. The van der Waals surface area contributed by atoms with Crippen LogP contribution in [0.15, 0.2) is 42.5 Å². The normalized spacial score (nSPS) is 25.2. The molecule has 3 fully saturated rings. The van der Waals surface area contributed by atoms with Crippen LogP contribution < -0.4 is 5.32 Å². The molecule has 0 unspecified atom stereocenters. The third-order valence-corrected chi connectivity index (χ3v) is 14.7. The Morgan fingerprint density at radius 3 is 2.33 bits per heavy atom. The molecule has 1 saturated heterocycles. The van der Waals surface area contributed by atoms with Crippen LogP contribution in [0.25, 0.3) is 0 Å². The number of carbonyl (C=O) groups is 4. The number of ether oxygens (including phenoxy) is 1. The second-order valence-electron chi connectivity index (χ2n) is 16.7. The summed E-state index contributed by atoms with van der Waals surface area (Å²) in [6.07, 6.45) is -4.69. The van der Waals surface area contributed by atoms with Gasteiger partial charge >= 0.3 is 12.3 Å². The monoisotopic (exact) mass is 793 g/mol. The predicted molar refractivity (Wildman–Crippen MR) is 195 cm³/mol. The number of ketones is 1. The molecule has 0 radical (unpaired) electrons. The molecule has 2 heterocycles. The Balaban J connectivity index is 1.26. The lowest BCUT2D eigenvalue weighted by molar-refractivity contribution is -0.145.